The first-order valence-electron chi connectivity index (χ1n) is 5.76. The minimum absolute atomic E-state index is 0.128. The summed E-state index contributed by atoms with van der Waals surface area (Å²) in [6, 6.07) is 3.93. The second-order valence-corrected chi connectivity index (χ2v) is 6.69. The molecule has 0 aliphatic rings. The van der Waals surface area contributed by atoms with Crippen LogP contribution in [-0.4, -0.2) is 38.8 Å². The van der Waals surface area contributed by atoms with Gasteiger partial charge in [-0.1, -0.05) is 6.07 Å². The Bertz CT molecular complexity index is 580. The van der Waals surface area contributed by atoms with Crippen molar-refractivity contribution >= 4 is 21.6 Å². The Hall–Kier alpha value is -1.44. The third-order valence-corrected chi connectivity index (χ3v) is 4.47. The zero-order chi connectivity index (χ0) is 14.8. The minimum Gasteiger partial charge on any atom is -0.324 e. The fraction of sp³-hybridized carbons (Fsp3) is 0.417. The van der Waals surface area contributed by atoms with Gasteiger partial charge in [0.1, 0.15) is 0 Å². The Balaban J connectivity index is 3.19. The van der Waals surface area contributed by atoms with Crippen LogP contribution in [0, 0.1) is 6.92 Å². The molecule has 19 heavy (non-hydrogen) atoms. The predicted octanol–water partition coefficient (Wildman–Crippen LogP) is 0.531. The minimum atomic E-state index is -3.52. The van der Waals surface area contributed by atoms with Crippen molar-refractivity contribution in [2.24, 2.45) is 5.73 Å². The monoisotopic (exact) mass is 285 g/mol. The molecule has 0 radical (unpaired) electrons. The number of benzene rings is 1. The van der Waals surface area contributed by atoms with Crippen molar-refractivity contribution in [3.05, 3.63) is 23.8 Å². The molecule has 106 valence electrons. The number of nitrogens with zero attached hydrogens (tertiary/aromatic N) is 1. The van der Waals surface area contributed by atoms with E-state index in [2.05, 4.69) is 5.32 Å². The Kier molecular flexibility index (Phi) is 4.67. The molecule has 0 bridgehead atoms. The molecule has 0 unspecified atom stereocenters. The van der Waals surface area contributed by atoms with Crippen LogP contribution in [0.25, 0.3) is 0 Å². The first-order chi connectivity index (χ1) is 8.66. The molecule has 6 nitrogen and oxygen atoms in total. The number of aryl methyl sites for hydroxylation is 1. The highest BCUT2D eigenvalue weighted by molar-refractivity contribution is 7.89. The Morgan fingerprint density at radius 3 is 2.42 bits per heavy atom. The molecule has 1 amide bonds. The molecule has 0 aliphatic heterocycles. The van der Waals surface area contributed by atoms with Crippen LogP contribution in [0.4, 0.5) is 5.69 Å². The van der Waals surface area contributed by atoms with Gasteiger partial charge in [0, 0.05) is 19.8 Å². The number of rotatable bonds is 4. The molecule has 0 heterocycles. The topological polar surface area (TPSA) is 92.5 Å². The average Bonchev–Trinajstić information content (AvgIpc) is 2.31. The Labute approximate surface area is 113 Å². The highest BCUT2D eigenvalue weighted by Gasteiger charge is 2.19. The van der Waals surface area contributed by atoms with Gasteiger partial charge >= 0.3 is 0 Å². The van der Waals surface area contributed by atoms with E-state index in [0.29, 0.717) is 5.69 Å². The number of anilines is 1. The summed E-state index contributed by atoms with van der Waals surface area (Å²) in [5.74, 6) is -0.359. The van der Waals surface area contributed by atoms with Crippen LogP contribution in [0.1, 0.15) is 12.5 Å². The number of hydrogen-bond donors (Lipinski definition) is 2. The lowest BCUT2D eigenvalue weighted by Crippen LogP contribution is -2.32. The summed E-state index contributed by atoms with van der Waals surface area (Å²) in [4.78, 5) is 11.7. The van der Waals surface area contributed by atoms with E-state index in [0.717, 1.165) is 9.87 Å². The molecule has 0 aromatic heterocycles. The van der Waals surface area contributed by atoms with Crippen molar-refractivity contribution in [2.75, 3.05) is 19.4 Å². The SMILES string of the molecule is Cc1ccc(S(=O)(=O)N(C)C)cc1NC(=O)[C@H](C)N. The number of hydrogen-bond acceptors (Lipinski definition) is 4. The zero-order valence-electron chi connectivity index (χ0n) is 11.5. The smallest absolute Gasteiger partial charge is 0.242 e. The van der Waals surface area contributed by atoms with Crippen LogP contribution in [0.15, 0.2) is 23.1 Å². The zero-order valence-corrected chi connectivity index (χ0v) is 12.3. The Morgan fingerprint density at radius 1 is 1.37 bits per heavy atom. The number of nitrogens with two attached hydrogens (primary N) is 1. The number of nitrogens with one attached hydrogen (secondary N) is 1. The number of carbonyl (C=O) groups is 1. The third kappa shape index (κ3) is 3.52. The van der Waals surface area contributed by atoms with Crippen molar-refractivity contribution in [3.63, 3.8) is 0 Å². The second-order valence-electron chi connectivity index (χ2n) is 4.54. The molecule has 1 atom stereocenters. The van der Waals surface area contributed by atoms with Gasteiger partial charge in [0.2, 0.25) is 15.9 Å². The molecule has 0 fully saturated rings. The van der Waals surface area contributed by atoms with Gasteiger partial charge in [0.15, 0.2) is 0 Å². The maximum Gasteiger partial charge on any atom is 0.242 e. The highest BCUT2D eigenvalue weighted by Crippen LogP contribution is 2.22. The van der Waals surface area contributed by atoms with E-state index < -0.39 is 16.1 Å². The molecule has 0 saturated heterocycles. The van der Waals surface area contributed by atoms with E-state index in [4.69, 9.17) is 5.73 Å². The molecule has 1 aromatic rings. The van der Waals surface area contributed by atoms with E-state index in [9.17, 15) is 13.2 Å². The normalized spacial score (nSPS) is 13.4. The standard InChI is InChI=1S/C12H19N3O3S/c1-8-5-6-10(19(17,18)15(3)4)7-11(8)14-12(16)9(2)13/h5-7,9H,13H2,1-4H3,(H,14,16)/t9-/m0/s1. The van der Waals surface area contributed by atoms with Gasteiger partial charge in [-0.05, 0) is 31.5 Å². The maximum absolute atomic E-state index is 12.0. The summed E-state index contributed by atoms with van der Waals surface area (Å²) in [7, 11) is -0.614. The molecular formula is C12H19N3O3S. The lowest BCUT2D eigenvalue weighted by atomic mass is 10.2. The fourth-order valence-electron chi connectivity index (χ4n) is 1.35. The van der Waals surface area contributed by atoms with Crippen molar-refractivity contribution < 1.29 is 13.2 Å². The lowest BCUT2D eigenvalue weighted by molar-refractivity contribution is -0.117. The molecule has 0 aliphatic carbocycles. The van der Waals surface area contributed by atoms with E-state index in [1.807, 2.05) is 0 Å². The summed E-state index contributed by atoms with van der Waals surface area (Å²) in [5, 5.41) is 2.61. The van der Waals surface area contributed by atoms with E-state index in [1.165, 1.54) is 26.2 Å². The second kappa shape index (κ2) is 5.68. The largest absolute Gasteiger partial charge is 0.324 e. The molecule has 0 saturated carbocycles. The molecule has 3 N–H and O–H groups in total. The van der Waals surface area contributed by atoms with Crippen LogP contribution in [0.3, 0.4) is 0 Å². The highest BCUT2D eigenvalue weighted by atomic mass is 32.2. The van der Waals surface area contributed by atoms with Crippen LogP contribution >= 0.6 is 0 Å². The van der Waals surface area contributed by atoms with Gasteiger partial charge in [0.25, 0.3) is 0 Å². The molecule has 7 heteroatoms. The van der Waals surface area contributed by atoms with E-state index in [-0.39, 0.29) is 10.8 Å². The predicted molar refractivity (Wildman–Crippen MR) is 74.3 cm³/mol. The lowest BCUT2D eigenvalue weighted by Gasteiger charge is -2.15. The molecular weight excluding hydrogens is 266 g/mol. The van der Waals surface area contributed by atoms with Crippen LogP contribution in [0.2, 0.25) is 0 Å². The van der Waals surface area contributed by atoms with Gasteiger partial charge in [0.05, 0.1) is 10.9 Å². The van der Waals surface area contributed by atoms with Crippen molar-refractivity contribution in [3.8, 4) is 0 Å². The summed E-state index contributed by atoms with van der Waals surface area (Å²) in [6.45, 7) is 3.34. The summed E-state index contributed by atoms with van der Waals surface area (Å²) < 4.78 is 25.1. The van der Waals surface area contributed by atoms with E-state index in [1.54, 1.807) is 19.9 Å². The average molecular weight is 285 g/mol. The number of carbonyl (C=O) groups excluding carboxylic acids is 1. The van der Waals surface area contributed by atoms with Crippen LogP contribution in [-0.2, 0) is 14.8 Å². The van der Waals surface area contributed by atoms with Crippen LogP contribution in [0.5, 0.6) is 0 Å². The van der Waals surface area contributed by atoms with Crippen molar-refractivity contribution in [1.82, 2.24) is 4.31 Å². The quantitative estimate of drug-likeness (QED) is 0.844. The van der Waals surface area contributed by atoms with E-state index >= 15 is 0 Å². The van der Waals surface area contributed by atoms with Gasteiger partial charge < -0.3 is 11.1 Å². The number of amides is 1. The number of sulfonamides is 1. The summed E-state index contributed by atoms with van der Waals surface area (Å²) in [6.07, 6.45) is 0. The summed E-state index contributed by atoms with van der Waals surface area (Å²) in [5.41, 5.74) is 6.69. The third-order valence-electron chi connectivity index (χ3n) is 2.66. The van der Waals surface area contributed by atoms with Gasteiger partial charge in [-0.2, -0.15) is 0 Å². The van der Waals surface area contributed by atoms with Crippen LogP contribution < -0.4 is 11.1 Å². The first-order valence-corrected chi connectivity index (χ1v) is 7.20. The van der Waals surface area contributed by atoms with Gasteiger partial charge in [-0.3, -0.25) is 4.79 Å². The van der Waals surface area contributed by atoms with Crippen molar-refractivity contribution in [2.45, 2.75) is 24.8 Å². The first kappa shape index (κ1) is 15.6. The molecule has 0 spiro atoms. The molecule has 1 rings (SSSR count). The fourth-order valence-corrected chi connectivity index (χ4v) is 2.28. The summed E-state index contributed by atoms with van der Waals surface area (Å²) >= 11 is 0. The van der Waals surface area contributed by atoms with Gasteiger partial charge in [-0.25, -0.2) is 12.7 Å². The Morgan fingerprint density at radius 2 is 1.95 bits per heavy atom. The van der Waals surface area contributed by atoms with Crippen molar-refractivity contribution in [1.29, 1.82) is 0 Å². The maximum atomic E-state index is 12.0. The van der Waals surface area contributed by atoms with Gasteiger partial charge in [-0.15, -0.1) is 0 Å². The molecule has 1 aromatic carbocycles.